The second-order valence-electron chi connectivity index (χ2n) is 5.19. The molecule has 2 N–H and O–H groups in total. The summed E-state index contributed by atoms with van der Waals surface area (Å²) >= 11 is 0. The first-order valence-corrected chi connectivity index (χ1v) is 7.56. The third-order valence-electron chi connectivity index (χ3n) is 3.56. The van der Waals surface area contributed by atoms with Gasteiger partial charge in [-0.15, -0.1) is 0 Å². The first kappa shape index (κ1) is 15.7. The van der Waals surface area contributed by atoms with Crippen LogP contribution in [0.4, 0.5) is 10.5 Å². The van der Waals surface area contributed by atoms with Crippen LogP contribution in [0, 0.1) is 0 Å². The van der Waals surface area contributed by atoms with Crippen LogP contribution in [0.2, 0.25) is 0 Å². The molecule has 0 saturated carbocycles. The minimum Gasteiger partial charge on any atom is -0.497 e. The van der Waals surface area contributed by atoms with Crippen molar-refractivity contribution in [2.45, 2.75) is 6.04 Å². The second-order valence-corrected chi connectivity index (χ2v) is 5.19. The molecule has 0 spiro atoms. The zero-order valence-corrected chi connectivity index (χ0v) is 13.2. The maximum atomic E-state index is 12.4. The fourth-order valence-corrected chi connectivity index (χ4v) is 2.42. The van der Waals surface area contributed by atoms with E-state index in [4.69, 9.17) is 9.15 Å². The molecule has 0 radical (unpaired) electrons. The second kappa shape index (κ2) is 7.37. The lowest BCUT2D eigenvalue weighted by molar-refractivity contribution is 0.248. The van der Waals surface area contributed by atoms with Gasteiger partial charge in [-0.2, -0.15) is 0 Å². The Morgan fingerprint density at radius 3 is 2.58 bits per heavy atom. The van der Waals surface area contributed by atoms with Crippen molar-refractivity contribution >= 4 is 11.7 Å². The predicted molar refractivity (Wildman–Crippen MR) is 92.1 cm³/mol. The maximum absolute atomic E-state index is 12.4. The first-order valence-electron chi connectivity index (χ1n) is 7.56. The van der Waals surface area contributed by atoms with Crippen molar-refractivity contribution in [1.82, 2.24) is 5.32 Å². The SMILES string of the molecule is COc1cccc(NC(=O)NC(c2ccccc2)c2ccco2)c1. The Morgan fingerprint density at radius 1 is 1.04 bits per heavy atom. The highest BCUT2D eigenvalue weighted by atomic mass is 16.5. The summed E-state index contributed by atoms with van der Waals surface area (Å²) in [4.78, 5) is 12.4. The van der Waals surface area contributed by atoms with Crippen LogP contribution >= 0.6 is 0 Å². The van der Waals surface area contributed by atoms with Crippen LogP contribution in [0.15, 0.2) is 77.4 Å². The molecule has 3 rings (SSSR count). The number of urea groups is 1. The molecule has 0 aliphatic rings. The summed E-state index contributed by atoms with van der Waals surface area (Å²) in [6.45, 7) is 0. The fraction of sp³-hybridized carbons (Fsp3) is 0.105. The Kier molecular flexibility index (Phi) is 4.81. The number of furan rings is 1. The molecule has 0 bridgehead atoms. The molecular formula is C19H18N2O3. The van der Waals surface area contributed by atoms with Crippen molar-refractivity contribution < 1.29 is 13.9 Å². The minimum atomic E-state index is -0.369. The molecule has 0 aliphatic carbocycles. The van der Waals surface area contributed by atoms with E-state index in [1.54, 1.807) is 31.6 Å². The van der Waals surface area contributed by atoms with Crippen LogP contribution in [-0.2, 0) is 0 Å². The number of carbonyl (C=O) groups is 1. The average molecular weight is 322 g/mol. The van der Waals surface area contributed by atoms with E-state index in [2.05, 4.69) is 10.6 Å². The number of hydrogen-bond donors (Lipinski definition) is 2. The quantitative estimate of drug-likeness (QED) is 0.740. The van der Waals surface area contributed by atoms with Crippen molar-refractivity contribution in [1.29, 1.82) is 0 Å². The Morgan fingerprint density at radius 2 is 1.88 bits per heavy atom. The smallest absolute Gasteiger partial charge is 0.320 e. The standard InChI is InChI=1S/C19H18N2O3/c1-23-16-10-5-9-15(13-16)20-19(22)21-18(17-11-6-12-24-17)14-7-3-2-4-8-14/h2-13,18H,1H3,(H2,20,21,22). The Hall–Kier alpha value is -3.21. The van der Waals surface area contributed by atoms with Gasteiger partial charge in [0.15, 0.2) is 0 Å². The lowest BCUT2D eigenvalue weighted by Gasteiger charge is -2.18. The van der Waals surface area contributed by atoms with Gasteiger partial charge in [0.2, 0.25) is 0 Å². The molecule has 3 aromatic rings. The lowest BCUT2D eigenvalue weighted by atomic mass is 10.1. The number of rotatable bonds is 5. The number of ether oxygens (including phenoxy) is 1. The fourth-order valence-electron chi connectivity index (χ4n) is 2.42. The summed E-state index contributed by atoms with van der Waals surface area (Å²) in [7, 11) is 1.58. The van der Waals surface area contributed by atoms with E-state index in [9.17, 15) is 4.79 Å². The molecule has 2 amide bonds. The van der Waals surface area contributed by atoms with E-state index in [1.165, 1.54) is 0 Å². The zero-order chi connectivity index (χ0) is 16.8. The Labute approximate surface area is 140 Å². The van der Waals surface area contributed by atoms with Gasteiger partial charge < -0.3 is 19.8 Å². The van der Waals surface area contributed by atoms with Gasteiger partial charge in [0.1, 0.15) is 17.6 Å². The largest absolute Gasteiger partial charge is 0.497 e. The van der Waals surface area contributed by atoms with E-state index in [0.717, 1.165) is 5.56 Å². The molecular weight excluding hydrogens is 304 g/mol. The highest BCUT2D eigenvalue weighted by Gasteiger charge is 2.19. The summed E-state index contributed by atoms with van der Waals surface area (Å²) in [5, 5.41) is 5.74. The van der Waals surface area contributed by atoms with Crippen molar-refractivity contribution in [3.8, 4) is 5.75 Å². The van der Waals surface area contributed by atoms with E-state index in [1.807, 2.05) is 48.5 Å². The number of nitrogens with one attached hydrogen (secondary N) is 2. The molecule has 1 atom stereocenters. The summed E-state index contributed by atoms with van der Waals surface area (Å²) in [5.74, 6) is 1.35. The average Bonchev–Trinajstić information content (AvgIpc) is 3.15. The third kappa shape index (κ3) is 3.76. The molecule has 1 unspecified atom stereocenters. The van der Waals surface area contributed by atoms with Crippen LogP contribution in [0.1, 0.15) is 17.4 Å². The summed E-state index contributed by atoms with van der Waals surface area (Å²) in [6, 6.07) is 19.8. The van der Waals surface area contributed by atoms with Gasteiger partial charge in [-0.05, 0) is 29.8 Å². The molecule has 122 valence electrons. The van der Waals surface area contributed by atoms with Gasteiger partial charge in [0, 0.05) is 11.8 Å². The number of amides is 2. The van der Waals surface area contributed by atoms with Crippen molar-refractivity contribution in [2.24, 2.45) is 0 Å². The molecule has 24 heavy (non-hydrogen) atoms. The highest BCUT2D eigenvalue weighted by molar-refractivity contribution is 5.90. The van der Waals surface area contributed by atoms with E-state index < -0.39 is 0 Å². The molecule has 5 nitrogen and oxygen atoms in total. The molecule has 0 saturated heterocycles. The van der Waals surface area contributed by atoms with Crippen LogP contribution in [-0.4, -0.2) is 13.1 Å². The van der Waals surface area contributed by atoms with Gasteiger partial charge >= 0.3 is 6.03 Å². The number of carbonyl (C=O) groups excluding carboxylic acids is 1. The summed E-state index contributed by atoms with van der Waals surface area (Å²) in [6.07, 6.45) is 1.59. The van der Waals surface area contributed by atoms with Crippen LogP contribution in [0.5, 0.6) is 5.75 Å². The minimum absolute atomic E-state index is 0.325. The van der Waals surface area contributed by atoms with E-state index >= 15 is 0 Å². The van der Waals surface area contributed by atoms with Crippen LogP contribution < -0.4 is 15.4 Å². The van der Waals surface area contributed by atoms with Gasteiger partial charge in [-0.25, -0.2) is 4.79 Å². The molecule has 1 heterocycles. The number of benzene rings is 2. The molecule has 0 aliphatic heterocycles. The molecule has 5 heteroatoms. The van der Waals surface area contributed by atoms with Gasteiger partial charge in [0.25, 0.3) is 0 Å². The van der Waals surface area contributed by atoms with Gasteiger partial charge in [-0.3, -0.25) is 0 Å². The third-order valence-corrected chi connectivity index (χ3v) is 3.56. The summed E-state index contributed by atoms with van der Waals surface area (Å²) in [5.41, 5.74) is 1.59. The summed E-state index contributed by atoms with van der Waals surface area (Å²) < 4.78 is 10.6. The highest BCUT2D eigenvalue weighted by Crippen LogP contribution is 2.23. The number of anilines is 1. The van der Waals surface area contributed by atoms with Crippen molar-refractivity contribution in [2.75, 3.05) is 12.4 Å². The van der Waals surface area contributed by atoms with Gasteiger partial charge in [-0.1, -0.05) is 36.4 Å². The van der Waals surface area contributed by atoms with Crippen LogP contribution in [0.3, 0.4) is 0 Å². The monoisotopic (exact) mass is 322 g/mol. The van der Waals surface area contributed by atoms with Crippen molar-refractivity contribution in [3.05, 3.63) is 84.3 Å². The Balaban J connectivity index is 1.76. The number of hydrogen-bond acceptors (Lipinski definition) is 3. The van der Waals surface area contributed by atoms with Crippen molar-refractivity contribution in [3.63, 3.8) is 0 Å². The van der Waals surface area contributed by atoms with Crippen LogP contribution in [0.25, 0.3) is 0 Å². The number of methoxy groups -OCH3 is 1. The first-order chi connectivity index (χ1) is 11.8. The van der Waals surface area contributed by atoms with E-state index in [-0.39, 0.29) is 12.1 Å². The van der Waals surface area contributed by atoms with Gasteiger partial charge in [0.05, 0.1) is 13.4 Å². The normalized spacial score (nSPS) is 11.5. The molecule has 1 aromatic heterocycles. The lowest BCUT2D eigenvalue weighted by Crippen LogP contribution is -2.33. The molecule has 2 aromatic carbocycles. The maximum Gasteiger partial charge on any atom is 0.320 e. The topological polar surface area (TPSA) is 63.5 Å². The Bertz CT molecular complexity index is 785. The zero-order valence-electron chi connectivity index (χ0n) is 13.2. The van der Waals surface area contributed by atoms with E-state index in [0.29, 0.717) is 17.2 Å². The predicted octanol–water partition coefficient (Wildman–Crippen LogP) is 4.20. The molecule has 0 fully saturated rings.